The first-order valence-electron chi connectivity index (χ1n) is 3.70. The Labute approximate surface area is 91.7 Å². The number of aryl methyl sites for hydroxylation is 1. The maximum atomic E-state index is 10.8. The van der Waals surface area contributed by atoms with E-state index < -0.39 is 14.8 Å². The van der Waals surface area contributed by atoms with Gasteiger partial charge in [-0.3, -0.25) is 0 Å². The SMILES string of the molecule is Cc1cc(Cl)cc(CS(=O)(=O)Cl)c1O. The molecule has 14 heavy (non-hydrogen) atoms. The van der Waals surface area contributed by atoms with Gasteiger partial charge in [0.2, 0.25) is 9.05 Å². The summed E-state index contributed by atoms with van der Waals surface area (Å²) in [6.45, 7) is 1.63. The molecule has 0 unspecified atom stereocenters. The smallest absolute Gasteiger partial charge is 0.236 e. The van der Waals surface area contributed by atoms with Crippen LogP contribution in [-0.2, 0) is 14.8 Å². The number of hydrogen-bond donors (Lipinski definition) is 1. The Morgan fingerprint density at radius 1 is 1.43 bits per heavy atom. The summed E-state index contributed by atoms with van der Waals surface area (Å²) >= 11 is 5.70. The van der Waals surface area contributed by atoms with Crippen LogP contribution in [0.25, 0.3) is 0 Å². The molecule has 78 valence electrons. The summed E-state index contributed by atoms with van der Waals surface area (Å²) in [6, 6.07) is 2.92. The van der Waals surface area contributed by atoms with Gasteiger partial charge < -0.3 is 5.11 Å². The van der Waals surface area contributed by atoms with Crippen molar-refractivity contribution < 1.29 is 13.5 Å². The second-order valence-electron chi connectivity index (χ2n) is 2.91. The first-order chi connectivity index (χ1) is 6.29. The highest BCUT2D eigenvalue weighted by atomic mass is 35.7. The predicted molar refractivity (Wildman–Crippen MR) is 56.3 cm³/mol. The average Bonchev–Trinajstić information content (AvgIpc) is 1.96. The van der Waals surface area contributed by atoms with Gasteiger partial charge in [-0.1, -0.05) is 11.6 Å². The Morgan fingerprint density at radius 2 is 2.00 bits per heavy atom. The van der Waals surface area contributed by atoms with E-state index in [1.807, 2.05) is 0 Å². The van der Waals surface area contributed by atoms with Gasteiger partial charge in [0.1, 0.15) is 5.75 Å². The van der Waals surface area contributed by atoms with Crippen LogP contribution in [0.15, 0.2) is 12.1 Å². The van der Waals surface area contributed by atoms with Crippen molar-refractivity contribution in [1.29, 1.82) is 0 Å². The standard InChI is InChI=1S/C8H8Cl2O3S/c1-5-2-7(9)3-6(8(5)11)4-14(10,12)13/h2-3,11H,4H2,1H3. The van der Waals surface area contributed by atoms with Crippen LogP contribution in [0.1, 0.15) is 11.1 Å². The summed E-state index contributed by atoms with van der Waals surface area (Å²) in [6.07, 6.45) is 0. The molecule has 0 aliphatic carbocycles. The molecule has 0 atom stereocenters. The first-order valence-corrected chi connectivity index (χ1v) is 6.55. The van der Waals surface area contributed by atoms with Crippen molar-refractivity contribution in [2.75, 3.05) is 0 Å². The summed E-state index contributed by atoms with van der Waals surface area (Å²) < 4.78 is 21.6. The summed E-state index contributed by atoms with van der Waals surface area (Å²) in [5.41, 5.74) is 0.734. The van der Waals surface area contributed by atoms with Gasteiger partial charge in [-0.2, -0.15) is 0 Å². The topological polar surface area (TPSA) is 54.4 Å². The minimum atomic E-state index is -3.68. The lowest BCUT2D eigenvalue weighted by atomic mass is 10.1. The lowest BCUT2D eigenvalue weighted by Gasteiger charge is -2.06. The molecule has 1 aromatic carbocycles. The lowest BCUT2D eigenvalue weighted by molar-refractivity contribution is 0.465. The minimum Gasteiger partial charge on any atom is -0.507 e. The van der Waals surface area contributed by atoms with Gasteiger partial charge in [-0.05, 0) is 24.6 Å². The van der Waals surface area contributed by atoms with Crippen LogP contribution in [0.3, 0.4) is 0 Å². The third-order valence-corrected chi connectivity index (χ3v) is 2.87. The van der Waals surface area contributed by atoms with Gasteiger partial charge in [0.15, 0.2) is 0 Å². The van der Waals surface area contributed by atoms with Gasteiger partial charge in [0.25, 0.3) is 0 Å². The van der Waals surface area contributed by atoms with E-state index in [-0.39, 0.29) is 11.3 Å². The molecule has 0 radical (unpaired) electrons. The molecule has 0 amide bonds. The van der Waals surface area contributed by atoms with Crippen molar-refractivity contribution in [3.63, 3.8) is 0 Å². The molecule has 0 saturated heterocycles. The van der Waals surface area contributed by atoms with Gasteiger partial charge in [0, 0.05) is 21.3 Å². The third-order valence-electron chi connectivity index (χ3n) is 1.67. The Bertz CT molecular complexity index is 454. The van der Waals surface area contributed by atoms with Crippen molar-refractivity contribution in [2.24, 2.45) is 0 Å². The van der Waals surface area contributed by atoms with Crippen molar-refractivity contribution in [3.05, 3.63) is 28.3 Å². The molecular weight excluding hydrogens is 247 g/mol. The zero-order valence-corrected chi connectivity index (χ0v) is 9.62. The molecule has 1 N–H and O–H groups in total. The largest absolute Gasteiger partial charge is 0.507 e. The molecule has 0 aromatic heterocycles. The summed E-state index contributed by atoms with van der Waals surface area (Å²) in [7, 11) is 1.38. The predicted octanol–water partition coefficient (Wildman–Crippen LogP) is 2.42. The Morgan fingerprint density at radius 3 is 2.50 bits per heavy atom. The van der Waals surface area contributed by atoms with Crippen LogP contribution in [0.2, 0.25) is 5.02 Å². The van der Waals surface area contributed by atoms with Gasteiger partial charge in [-0.25, -0.2) is 8.42 Å². The first kappa shape index (κ1) is 11.6. The summed E-state index contributed by atoms with van der Waals surface area (Å²) in [5.74, 6) is -0.513. The second kappa shape index (κ2) is 3.96. The van der Waals surface area contributed by atoms with Crippen molar-refractivity contribution in [1.82, 2.24) is 0 Å². The molecule has 0 heterocycles. The quantitative estimate of drug-likeness (QED) is 0.825. The van der Waals surface area contributed by atoms with Crippen LogP contribution >= 0.6 is 22.3 Å². The maximum absolute atomic E-state index is 10.8. The number of phenolic OH excluding ortho intramolecular Hbond substituents is 1. The monoisotopic (exact) mass is 254 g/mol. The molecule has 6 heteroatoms. The molecule has 1 rings (SSSR count). The molecule has 0 aliphatic rings. The molecule has 1 aromatic rings. The molecule has 0 saturated carbocycles. The average molecular weight is 255 g/mol. The van der Waals surface area contributed by atoms with Gasteiger partial charge in [0.05, 0.1) is 5.75 Å². The van der Waals surface area contributed by atoms with E-state index >= 15 is 0 Å². The molecule has 0 bridgehead atoms. The number of aromatic hydroxyl groups is 1. The van der Waals surface area contributed by atoms with Crippen LogP contribution < -0.4 is 0 Å². The Balaban J connectivity index is 3.22. The number of phenols is 1. The highest BCUT2D eigenvalue weighted by Gasteiger charge is 2.13. The van der Waals surface area contributed by atoms with E-state index in [1.54, 1.807) is 13.0 Å². The van der Waals surface area contributed by atoms with E-state index in [1.165, 1.54) is 6.07 Å². The summed E-state index contributed by atoms with van der Waals surface area (Å²) in [5, 5.41) is 9.87. The zero-order valence-electron chi connectivity index (χ0n) is 7.29. The van der Waals surface area contributed by atoms with E-state index in [4.69, 9.17) is 22.3 Å². The fraction of sp³-hybridized carbons (Fsp3) is 0.250. The highest BCUT2D eigenvalue weighted by molar-refractivity contribution is 8.13. The van der Waals surface area contributed by atoms with Crippen LogP contribution in [0.4, 0.5) is 0 Å². The fourth-order valence-corrected chi connectivity index (χ4v) is 2.34. The second-order valence-corrected chi connectivity index (χ2v) is 6.13. The number of benzene rings is 1. The maximum Gasteiger partial charge on any atom is 0.236 e. The molecule has 0 aliphatic heterocycles. The fourth-order valence-electron chi connectivity index (χ4n) is 1.10. The van der Waals surface area contributed by atoms with Crippen LogP contribution in [0, 0.1) is 6.92 Å². The lowest BCUT2D eigenvalue weighted by Crippen LogP contribution is -1.96. The van der Waals surface area contributed by atoms with Crippen molar-refractivity contribution in [3.8, 4) is 5.75 Å². The Hall–Kier alpha value is -0.450. The normalized spacial score (nSPS) is 11.6. The molecule has 0 fully saturated rings. The van der Waals surface area contributed by atoms with Crippen molar-refractivity contribution in [2.45, 2.75) is 12.7 Å². The van der Waals surface area contributed by atoms with Crippen LogP contribution in [0.5, 0.6) is 5.75 Å². The highest BCUT2D eigenvalue weighted by Crippen LogP contribution is 2.28. The van der Waals surface area contributed by atoms with Gasteiger partial charge in [-0.15, -0.1) is 0 Å². The number of halogens is 2. The molecule has 0 spiro atoms. The van der Waals surface area contributed by atoms with Crippen LogP contribution in [-0.4, -0.2) is 13.5 Å². The zero-order chi connectivity index (χ0) is 10.9. The minimum absolute atomic E-state index is 0.0846. The van der Waals surface area contributed by atoms with E-state index in [2.05, 4.69) is 0 Å². The van der Waals surface area contributed by atoms with E-state index in [9.17, 15) is 13.5 Å². The molecule has 3 nitrogen and oxygen atoms in total. The Kier molecular flexibility index (Phi) is 3.29. The van der Waals surface area contributed by atoms with E-state index in [0.717, 1.165) is 0 Å². The molecular formula is C8H8Cl2O3S. The summed E-state index contributed by atoms with van der Waals surface area (Å²) in [4.78, 5) is 0. The van der Waals surface area contributed by atoms with E-state index in [0.29, 0.717) is 10.6 Å². The van der Waals surface area contributed by atoms with Gasteiger partial charge >= 0.3 is 0 Å². The number of rotatable bonds is 2. The number of hydrogen-bond acceptors (Lipinski definition) is 3. The van der Waals surface area contributed by atoms with Crippen molar-refractivity contribution >= 4 is 31.3 Å². The third kappa shape index (κ3) is 3.04.